The first-order valence-electron chi connectivity index (χ1n) is 6.76. The van der Waals surface area contributed by atoms with E-state index in [0.717, 1.165) is 16.9 Å². The number of halogens is 1. The molecule has 100 valence electrons. The van der Waals surface area contributed by atoms with Crippen molar-refractivity contribution in [2.24, 2.45) is 11.7 Å². The van der Waals surface area contributed by atoms with Gasteiger partial charge in [0.25, 0.3) is 0 Å². The summed E-state index contributed by atoms with van der Waals surface area (Å²) in [6.07, 6.45) is 1.28. The van der Waals surface area contributed by atoms with E-state index in [-0.39, 0.29) is 6.04 Å². The summed E-state index contributed by atoms with van der Waals surface area (Å²) in [5, 5.41) is 0. The highest BCUT2D eigenvalue weighted by atomic mass is 79.9. The van der Waals surface area contributed by atoms with Crippen LogP contribution in [0, 0.1) is 5.92 Å². The fraction of sp³-hybridized carbons (Fsp3) is 0.600. The van der Waals surface area contributed by atoms with Crippen LogP contribution in [-0.2, 0) is 0 Å². The van der Waals surface area contributed by atoms with E-state index in [4.69, 9.17) is 5.73 Å². The van der Waals surface area contributed by atoms with Gasteiger partial charge in [-0.25, -0.2) is 0 Å². The minimum Gasteiger partial charge on any atom is -0.326 e. The average Bonchev–Trinajstić information content (AvgIpc) is 2.58. The van der Waals surface area contributed by atoms with E-state index < -0.39 is 0 Å². The topological polar surface area (TPSA) is 29.3 Å². The van der Waals surface area contributed by atoms with E-state index >= 15 is 0 Å². The van der Waals surface area contributed by atoms with Crippen molar-refractivity contribution in [3.05, 3.63) is 34.3 Å². The normalized spacial score (nSPS) is 28.3. The lowest BCUT2D eigenvalue weighted by Crippen LogP contribution is -2.41. The third-order valence-electron chi connectivity index (χ3n) is 3.88. The van der Waals surface area contributed by atoms with Crippen molar-refractivity contribution in [3.8, 4) is 0 Å². The second-order valence-corrected chi connectivity index (χ2v) is 6.66. The molecule has 2 nitrogen and oxygen atoms in total. The van der Waals surface area contributed by atoms with Gasteiger partial charge in [0.2, 0.25) is 0 Å². The smallest absolute Gasteiger partial charge is 0.0499 e. The Balaban J connectivity index is 2.29. The Morgan fingerprint density at radius 3 is 2.61 bits per heavy atom. The summed E-state index contributed by atoms with van der Waals surface area (Å²) < 4.78 is 1.13. The number of nitrogens with two attached hydrogens (primary N) is 1. The first-order chi connectivity index (χ1) is 8.49. The Kier molecular flexibility index (Phi) is 4.46. The van der Waals surface area contributed by atoms with Crippen LogP contribution in [0.1, 0.15) is 38.8 Å². The molecule has 0 bridgehead atoms. The molecule has 0 aliphatic carbocycles. The van der Waals surface area contributed by atoms with Gasteiger partial charge in [-0.2, -0.15) is 0 Å². The predicted molar refractivity (Wildman–Crippen MR) is 80.5 cm³/mol. The molecule has 4 atom stereocenters. The lowest BCUT2D eigenvalue weighted by Gasteiger charge is -2.34. The van der Waals surface area contributed by atoms with Gasteiger partial charge in [-0.1, -0.05) is 35.0 Å². The first kappa shape index (κ1) is 14.0. The fourth-order valence-electron chi connectivity index (χ4n) is 3.21. The molecule has 0 aromatic heterocycles. The second-order valence-electron chi connectivity index (χ2n) is 5.75. The van der Waals surface area contributed by atoms with Crippen LogP contribution in [-0.4, -0.2) is 23.5 Å². The summed E-state index contributed by atoms with van der Waals surface area (Å²) >= 11 is 3.56. The molecule has 0 saturated carbocycles. The van der Waals surface area contributed by atoms with E-state index in [9.17, 15) is 0 Å². The maximum Gasteiger partial charge on any atom is 0.0499 e. The zero-order valence-corrected chi connectivity index (χ0v) is 13.0. The highest BCUT2D eigenvalue weighted by Crippen LogP contribution is 2.34. The van der Waals surface area contributed by atoms with Crippen LogP contribution in [0.4, 0.5) is 0 Å². The van der Waals surface area contributed by atoms with Crippen LogP contribution in [0.5, 0.6) is 0 Å². The largest absolute Gasteiger partial charge is 0.326 e. The number of rotatable bonds is 3. The van der Waals surface area contributed by atoms with Gasteiger partial charge in [-0.05, 0) is 43.9 Å². The molecule has 1 aromatic carbocycles. The molecule has 1 aliphatic heterocycles. The molecule has 1 aromatic rings. The molecule has 1 aliphatic rings. The van der Waals surface area contributed by atoms with Gasteiger partial charge in [0.15, 0.2) is 0 Å². The molecule has 0 amide bonds. The third kappa shape index (κ3) is 2.95. The number of hydrogen-bond donors (Lipinski definition) is 1. The van der Waals surface area contributed by atoms with Crippen LogP contribution < -0.4 is 5.73 Å². The Labute approximate surface area is 119 Å². The van der Waals surface area contributed by atoms with Gasteiger partial charge in [-0.3, -0.25) is 4.90 Å². The van der Waals surface area contributed by atoms with Gasteiger partial charge < -0.3 is 5.73 Å². The van der Waals surface area contributed by atoms with Gasteiger partial charge >= 0.3 is 0 Å². The maximum atomic E-state index is 6.25. The Morgan fingerprint density at radius 2 is 2.11 bits per heavy atom. The minimum atomic E-state index is 0.145. The van der Waals surface area contributed by atoms with E-state index in [1.54, 1.807) is 0 Å². The number of hydrogen-bond acceptors (Lipinski definition) is 2. The van der Waals surface area contributed by atoms with Crippen molar-refractivity contribution in [3.63, 3.8) is 0 Å². The molecule has 2 rings (SSSR count). The quantitative estimate of drug-likeness (QED) is 0.925. The molecule has 4 unspecified atom stereocenters. The average molecular weight is 311 g/mol. The van der Waals surface area contributed by atoms with E-state index in [1.165, 1.54) is 12.0 Å². The van der Waals surface area contributed by atoms with Gasteiger partial charge in [0.05, 0.1) is 0 Å². The summed E-state index contributed by atoms with van der Waals surface area (Å²) in [4.78, 5) is 2.57. The Hall–Kier alpha value is -0.380. The lowest BCUT2D eigenvalue weighted by atomic mass is 9.98. The van der Waals surface area contributed by atoms with Crippen LogP contribution in [0.25, 0.3) is 0 Å². The van der Waals surface area contributed by atoms with Crippen LogP contribution in [0.3, 0.4) is 0 Å². The summed E-state index contributed by atoms with van der Waals surface area (Å²) in [6.45, 7) is 7.91. The molecular formula is C15H23BrN2. The fourth-order valence-corrected chi connectivity index (χ4v) is 3.62. The summed E-state index contributed by atoms with van der Waals surface area (Å²) in [5.41, 5.74) is 7.57. The van der Waals surface area contributed by atoms with Gasteiger partial charge in [0, 0.05) is 29.1 Å². The highest BCUT2D eigenvalue weighted by molar-refractivity contribution is 9.10. The second kappa shape index (κ2) is 5.72. The van der Waals surface area contributed by atoms with Crippen molar-refractivity contribution < 1.29 is 0 Å². The number of nitrogens with zero attached hydrogens (tertiary/aromatic N) is 1. The molecule has 3 heteroatoms. The summed E-state index contributed by atoms with van der Waals surface area (Å²) in [5.74, 6) is 0.772. The zero-order chi connectivity index (χ0) is 13.3. The van der Waals surface area contributed by atoms with Crippen molar-refractivity contribution >= 4 is 15.9 Å². The zero-order valence-electron chi connectivity index (χ0n) is 11.4. The van der Waals surface area contributed by atoms with E-state index in [0.29, 0.717) is 12.1 Å². The number of benzene rings is 1. The molecule has 0 radical (unpaired) electrons. The molecule has 2 N–H and O–H groups in total. The molecular weight excluding hydrogens is 288 g/mol. The van der Waals surface area contributed by atoms with E-state index in [1.807, 2.05) is 0 Å². The van der Waals surface area contributed by atoms with Crippen molar-refractivity contribution in [2.45, 2.75) is 45.3 Å². The maximum absolute atomic E-state index is 6.25. The molecule has 1 saturated heterocycles. The molecule has 18 heavy (non-hydrogen) atoms. The Bertz CT molecular complexity index is 405. The van der Waals surface area contributed by atoms with Crippen molar-refractivity contribution in [1.29, 1.82) is 0 Å². The van der Waals surface area contributed by atoms with E-state index in [2.05, 4.69) is 65.9 Å². The first-order valence-corrected chi connectivity index (χ1v) is 7.55. The minimum absolute atomic E-state index is 0.145. The number of likely N-dealkylation sites (tertiary alicyclic amines) is 1. The molecule has 1 fully saturated rings. The predicted octanol–water partition coefficient (Wildman–Crippen LogP) is 3.57. The van der Waals surface area contributed by atoms with Crippen LogP contribution >= 0.6 is 15.9 Å². The molecule has 1 heterocycles. The van der Waals surface area contributed by atoms with Gasteiger partial charge in [0.1, 0.15) is 0 Å². The third-order valence-corrected chi connectivity index (χ3v) is 4.37. The standard InChI is InChI=1S/C15H23BrN2/c1-10-7-11(2)18(9-10)15(12(3)17)13-5-4-6-14(16)8-13/h4-6,8,10-12,15H,7,9,17H2,1-3H3. The Morgan fingerprint density at radius 1 is 1.39 bits per heavy atom. The monoisotopic (exact) mass is 310 g/mol. The van der Waals surface area contributed by atoms with Crippen molar-refractivity contribution in [2.75, 3.05) is 6.54 Å². The summed E-state index contributed by atoms with van der Waals surface area (Å²) in [7, 11) is 0. The van der Waals surface area contributed by atoms with Crippen LogP contribution in [0.2, 0.25) is 0 Å². The molecule has 0 spiro atoms. The SMILES string of the molecule is CC1CC(C)N(C(c2cccc(Br)c2)C(C)N)C1. The highest BCUT2D eigenvalue weighted by Gasteiger charge is 2.34. The van der Waals surface area contributed by atoms with Crippen LogP contribution in [0.15, 0.2) is 28.7 Å². The lowest BCUT2D eigenvalue weighted by molar-refractivity contribution is 0.167. The van der Waals surface area contributed by atoms with Crippen molar-refractivity contribution in [1.82, 2.24) is 4.90 Å². The van der Waals surface area contributed by atoms with Gasteiger partial charge in [-0.15, -0.1) is 0 Å². The summed E-state index contributed by atoms with van der Waals surface area (Å²) in [6, 6.07) is 9.64.